The van der Waals surface area contributed by atoms with Gasteiger partial charge in [0.25, 0.3) is 0 Å². The van der Waals surface area contributed by atoms with Crippen LogP contribution >= 0.6 is 15.8 Å². The van der Waals surface area contributed by atoms with Crippen LogP contribution in [-0.2, 0) is 16.8 Å². The molecule has 0 bridgehead atoms. The van der Waals surface area contributed by atoms with Gasteiger partial charge in [-0.2, -0.15) is 12.4 Å². The minimum absolute atomic E-state index is 0. The minimum Gasteiger partial charge on any atom is -1.00 e. The third kappa shape index (κ3) is 35.6. The number of carbonyl (C=O) groups excluding carboxylic acids is 2. The quantitative estimate of drug-likeness (QED) is 0.403. The van der Waals surface area contributed by atoms with Crippen molar-refractivity contribution in [2.45, 2.75) is 0 Å². The fraction of sp³-hybridized carbons (Fsp3) is 0.375. The maximum Gasteiger partial charge on any atom is 3.00 e. The summed E-state index contributed by atoms with van der Waals surface area (Å²) in [6, 6.07) is 6.77. The molecular weight excluding hydrogens is 469 g/mol. The minimum atomic E-state index is 0. The van der Waals surface area contributed by atoms with Crippen LogP contribution in [-0.4, -0.2) is 58.0 Å². The second-order valence-electron chi connectivity index (χ2n) is 5.36. The summed E-state index contributed by atoms with van der Waals surface area (Å²) in [5.74, 6) is 0. The van der Waals surface area contributed by atoms with Gasteiger partial charge in [-0.15, -0.1) is 0 Å². The third-order valence-corrected chi connectivity index (χ3v) is 1.39. The van der Waals surface area contributed by atoms with Crippen molar-refractivity contribution in [1.29, 1.82) is 0 Å². The average Bonchev–Trinajstić information content (AvgIpc) is 3.11. The molecule has 2 N–H and O–H groups in total. The fourth-order valence-electron chi connectivity index (χ4n) is 0.767. The molecule has 25 heavy (non-hydrogen) atoms. The Morgan fingerprint density at radius 3 is 1.08 bits per heavy atom. The zero-order valence-corrected chi connectivity index (χ0v) is 20.2. The largest absolute Gasteiger partial charge is 3.00 e. The van der Waals surface area contributed by atoms with Crippen LogP contribution in [0.15, 0.2) is 36.7 Å². The van der Waals surface area contributed by atoms with Crippen molar-refractivity contribution in [3.63, 3.8) is 0 Å². The molecule has 0 atom stereocenters. The van der Waals surface area contributed by atoms with E-state index in [1.165, 1.54) is 0 Å². The van der Waals surface area contributed by atoms with E-state index in [1.54, 1.807) is 36.7 Å². The van der Waals surface area contributed by atoms with E-state index in [1.807, 2.05) is 0 Å². The van der Waals surface area contributed by atoms with Crippen LogP contribution in [0.3, 0.4) is 0 Å². The van der Waals surface area contributed by atoms with E-state index in [2.05, 4.69) is 50.0 Å². The van der Waals surface area contributed by atoms with Crippen LogP contribution in [0.4, 0.5) is 0 Å². The van der Waals surface area contributed by atoms with Gasteiger partial charge in [0.05, 0.1) is 0 Å². The Kier molecular flexibility index (Phi) is 37.1. The van der Waals surface area contributed by atoms with Gasteiger partial charge in [0.15, 0.2) is 0 Å². The van der Waals surface area contributed by atoms with Gasteiger partial charge < -0.3 is 32.4 Å². The summed E-state index contributed by atoms with van der Waals surface area (Å²) in [4.78, 5) is 26.9. The van der Waals surface area contributed by atoms with Crippen LogP contribution in [0.2, 0.25) is 0 Å². The van der Waals surface area contributed by atoms with Crippen molar-refractivity contribution in [3.05, 3.63) is 48.0 Å². The molecule has 0 aliphatic heterocycles. The number of nitrogens with zero attached hydrogens (tertiary/aromatic N) is 2. The Morgan fingerprint density at radius 1 is 0.760 bits per heavy atom. The van der Waals surface area contributed by atoms with Crippen molar-refractivity contribution < 1.29 is 48.8 Å². The summed E-state index contributed by atoms with van der Waals surface area (Å²) < 4.78 is 0. The van der Waals surface area contributed by atoms with Gasteiger partial charge in [0.2, 0.25) is 0 Å². The van der Waals surface area contributed by atoms with E-state index in [-0.39, 0.29) is 55.1 Å². The third-order valence-electron chi connectivity index (χ3n) is 1.39. The number of hydrogen-bond donors (Lipinski definition) is 0. The normalized spacial score (nSPS) is 7.68. The SMILES string of the molecule is C[PH+](C)C.C[PH+](C)C.O.O=Cc1ccc[n-]1.O=Cc1ccc[n-]1.[Br-].[Co+3]. The van der Waals surface area contributed by atoms with E-state index < -0.39 is 0 Å². The van der Waals surface area contributed by atoms with Crippen molar-refractivity contribution in [3.8, 4) is 0 Å². The fourth-order valence-corrected chi connectivity index (χ4v) is 0.767. The Morgan fingerprint density at radius 2 is 1.00 bits per heavy atom. The first-order chi connectivity index (χ1) is 10.3. The molecule has 0 aliphatic carbocycles. The number of aldehydes is 2. The molecule has 0 radical (unpaired) electrons. The van der Waals surface area contributed by atoms with Crippen molar-refractivity contribution >= 4 is 28.4 Å². The predicted molar refractivity (Wildman–Crippen MR) is 106 cm³/mol. The smallest absolute Gasteiger partial charge is 1.00 e. The van der Waals surface area contributed by atoms with Crippen LogP contribution < -0.4 is 26.9 Å². The number of rotatable bonds is 2. The van der Waals surface area contributed by atoms with Gasteiger partial charge in [0.1, 0.15) is 12.6 Å². The molecule has 0 amide bonds. The van der Waals surface area contributed by atoms with Gasteiger partial charge >= 0.3 is 16.8 Å². The van der Waals surface area contributed by atoms with Crippen LogP contribution in [0.5, 0.6) is 0 Å². The van der Waals surface area contributed by atoms with Crippen molar-refractivity contribution in [1.82, 2.24) is 9.97 Å². The number of aromatic nitrogens is 2. The topological polar surface area (TPSA) is 93.8 Å². The Balaban J connectivity index is -0.0000000709. The molecule has 2 heterocycles. The molecular formula is C16H30BrCoN2O3P2+2. The maximum atomic E-state index is 9.81. The maximum absolute atomic E-state index is 9.81. The zero-order valence-electron chi connectivity index (χ0n) is 15.5. The standard InChI is InChI=1S/2C5H5NO.2C3H9P.BrH.Co.H2O/c2*7-4-5-2-1-3-6-5;2*1-4(2)3;;;/h2*1-4H,(H,6,7);2*1-3H3;1H;;1H2/q;;;;;+3;/p-1. The predicted octanol–water partition coefficient (Wildman–Crippen LogP) is -0.731. The van der Waals surface area contributed by atoms with Gasteiger partial charge in [0, 0.05) is 40.0 Å². The number of hydrogen-bond acceptors (Lipinski definition) is 2. The molecule has 0 saturated heterocycles. The molecule has 0 spiro atoms. The molecule has 9 heteroatoms. The zero-order chi connectivity index (χ0) is 17.4. The Bertz CT molecular complexity index is 418. The summed E-state index contributed by atoms with van der Waals surface area (Å²) in [5, 5.41) is 0. The first-order valence-electron chi connectivity index (χ1n) is 6.92. The molecule has 2 rings (SSSR count). The molecule has 0 unspecified atom stereocenters. The molecule has 146 valence electrons. The van der Waals surface area contributed by atoms with Gasteiger partial charge in [-0.1, -0.05) is 35.7 Å². The Labute approximate surface area is 174 Å². The molecule has 5 nitrogen and oxygen atoms in total. The van der Waals surface area contributed by atoms with Crippen molar-refractivity contribution in [2.75, 3.05) is 40.0 Å². The molecule has 0 fully saturated rings. The molecule has 0 aromatic carbocycles. The number of carbonyl (C=O) groups is 2. The van der Waals surface area contributed by atoms with E-state index in [9.17, 15) is 9.59 Å². The summed E-state index contributed by atoms with van der Waals surface area (Å²) >= 11 is 0. The van der Waals surface area contributed by atoms with Crippen LogP contribution in [0.25, 0.3) is 0 Å². The van der Waals surface area contributed by atoms with E-state index in [0.717, 1.165) is 12.6 Å². The molecule has 2 aromatic rings. The van der Waals surface area contributed by atoms with Gasteiger partial charge in [-0.3, -0.25) is 9.59 Å². The van der Waals surface area contributed by atoms with E-state index in [0.29, 0.717) is 11.4 Å². The van der Waals surface area contributed by atoms with E-state index in [4.69, 9.17) is 0 Å². The summed E-state index contributed by atoms with van der Waals surface area (Å²) in [5.41, 5.74) is 1.00. The molecule has 2 aromatic heterocycles. The second-order valence-corrected chi connectivity index (χ2v) is 11.4. The monoisotopic (exact) mass is 498 g/mol. The van der Waals surface area contributed by atoms with Gasteiger partial charge in [-0.25, -0.2) is 0 Å². The number of halogens is 1. The Hall–Kier alpha value is -0.294. The van der Waals surface area contributed by atoms with Crippen LogP contribution in [0.1, 0.15) is 21.0 Å². The van der Waals surface area contributed by atoms with E-state index >= 15 is 0 Å². The first-order valence-corrected chi connectivity index (χ1v) is 12.9. The van der Waals surface area contributed by atoms with Crippen molar-refractivity contribution in [2.24, 2.45) is 0 Å². The molecule has 0 saturated carbocycles. The first kappa shape index (κ1) is 35.8. The van der Waals surface area contributed by atoms with Gasteiger partial charge in [-0.05, 0) is 15.8 Å². The summed E-state index contributed by atoms with van der Waals surface area (Å²) in [7, 11) is 0.241. The molecule has 0 aliphatic rings. The van der Waals surface area contributed by atoms with Crippen LogP contribution in [0, 0.1) is 0 Å². The second kappa shape index (κ2) is 25.9. The summed E-state index contributed by atoms with van der Waals surface area (Å²) in [6.45, 7) is 13.6. The average molecular weight is 499 g/mol. The summed E-state index contributed by atoms with van der Waals surface area (Å²) in [6.07, 6.45) is 4.62.